The number of unbranched alkanes of at least 4 members (excludes halogenated alkanes) is 1. The highest BCUT2D eigenvalue weighted by atomic mass is 32.2. The molecular weight excluding hydrogens is 1760 g/mol. The lowest BCUT2D eigenvalue weighted by molar-refractivity contribution is -0.151. The number of rotatable bonds is 28. The number of Topliss-reactive ketones (excluding diaryl/α,β-unsaturated/α-hetero) is 3. The lowest BCUT2D eigenvalue weighted by Gasteiger charge is -2.37. The summed E-state index contributed by atoms with van der Waals surface area (Å²) in [4.78, 5) is 256. The Kier molecular flexibility index (Phi) is 41.5. The summed E-state index contributed by atoms with van der Waals surface area (Å²) in [5.41, 5.74) is 8.50. The van der Waals surface area contributed by atoms with Crippen molar-refractivity contribution in [1.82, 2.24) is 56.4 Å². The number of nitrogens with zero attached hydrogens (tertiary/aromatic N) is 5. The maximum absolute atomic E-state index is 15.8. The van der Waals surface area contributed by atoms with Crippen LogP contribution in [0.1, 0.15) is 132 Å². The Hall–Kier alpha value is -13.2. The number of phenols is 2. The van der Waals surface area contributed by atoms with Gasteiger partial charge in [0.05, 0.1) is 24.3 Å². The Morgan fingerprint density at radius 3 is 1.51 bits per heavy atom. The van der Waals surface area contributed by atoms with Crippen molar-refractivity contribution >= 4 is 134 Å². The number of carbonyl (C=O) groups excluding carboxylic acids is 16. The summed E-state index contributed by atoms with van der Waals surface area (Å²) in [5, 5.41) is 50.4. The Morgan fingerprint density at radius 2 is 0.963 bits per heavy atom. The van der Waals surface area contributed by atoms with Crippen molar-refractivity contribution in [2.75, 3.05) is 59.9 Å². The van der Waals surface area contributed by atoms with Crippen LogP contribution in [0.3, 0.4) is 0 Å². The first-order valence-electron chi connectivity index (χ1n) is 44.8. The first-order chi connectivity index (χ1) is 63.8. The number of thiophene rings is 1. The van der Waals surface area contributed by atoms with Gasteiger partial charge in [0.2, 0.25) is 70.9 Å². The number of ether oxygens (including phenoxy) is 1. The Morgan fingerprint density at radius 1 is 0.493 bits per heavy atom. The number of hydrogen-bond donors (Lipinski definition) is 10. The van der Waals surface area contributed by atoms with Crippen LogP contribution >= 0.6 is 23.1 Å². The van der Waals surface area contributed by atoms with Crippen molar-refractivity contribution in [2.45, 2.75) is 198 Å². The number of carboxylic acids is 1. The fourth-order valence-corrected chi connectivity index (χ4v) is 17.9. The van der Waals surface area contributed by atoms with E-state index in [1.165, 1.54) is 105 Å². The number of carbonyl (C=O) groups is 17. The van der Waals surface area contributed by atoms with Gasteiger partial charge in [-0.05, 0) is 106 Å². The number of fused-ring (bicyclic) bond motifs is 1. The number of nitrogens with two attached hydrogens (primary N) is 1. The van der Waals surface area contributed by atoms with E-state index in [4.69, 9.17) is 10.5 Å². The van der Waals surface area contributed by atoms with E-state index >= 15 is 47.9 Å². The Labute approximate surface area is 788 Å². The lowest BCUT2D eigenvalue weighted by Crippen LogP contribution is -2.61. The summed E-state index contributed by atoms with van der Waals surface area (Å²) < 4.78 is 5.94. The van der Waals surface area contributed by atoms with Crippen molar-refractivity contribution in [3.8, 4) is 11.5 Å². The molecule has 0 unspecified atom stereocenters. The zero-order valence-electron chi connectivity index (χ0n) is 77.3. The number of hydrogen-bond acceptors (Lipinski definition) is 22. The molecule has 8 rings (SSSR count). The first kappa shape index (κ1) is 106. The summed E-state index contributed by atoms with van der Waals surface area (Å²) in [6, 6.07) is 28.9. The van der Waals surface area contributed by atoms with Gasteiger partial charge in [-0.3, -0.25) is 81.5 Å². The third-order valence-corrected chi connectivity index (χ3v) is 25.8. The molecule has 6 aromatic carbocycles. The number of ketones is 3. The van der Waals surface area contributed by atoms with Gasteiger partial charge >= 0.3 is 5.97 Å². The molecule has 1 aromatic heterocycles. The maximum atomic E-state index is 15.8. The number of nitrogens with one attached hydrogen (secondary N) is 6. The fraction of sp³-hybridized carbons (Fsp3) is 0.444. The zero-order chi connectivity index (χ0) is 98.0. The molecule has 1 saturated heterocycles. The van der Waals surface area contributed by atoms with Gasteiger partial charge in [-0.1, -0.05) is 181 Å². The minimum absolute atomic E-state index is 0.0699. The summed E-state index contributed by atoms with van der Waals surface area (Å²) in [6.45, 7) is 7.47. The highest BCUT2D eigenvalue weighted by molar-refractivity contribution is 8.00. The van der Waals surface area contributed by atoms with Crippen LogP contribution < -0.4 is 37.6 Å². The molecule has 35 heteroatoms. The summed E-state index contributed by atoms with van der Waals surface area (Å²) in [6.07, 6.45) is -4.06. The van der Waals surface area contributed by atoms with E-state index in [9.17, 15) is 48.9 Å². The highest BCUT2D eigenvalue weighted by Crippen LogP contribution is 2.30. The van der Waals surface area contributed by atoms with Gasteiger partial charge in [-0.2, -0.15) is 0 Å². The molecule has 1 aliphatic rings. The highest BCUT2D eigenvalue weighted by Gasteiger charge is 2.43. The number of aliphatic carboxylic acids is 1. The molecule has 134 heavy (non-hydrogen) atoms. The van der Waals surface area contributed by atoms with E-state index < -0.39 is 230 Å². The van der Waals surface area contributed by atoms with Crippen LogP contribution in [-0.4, -0.2) is 261 Å². The van der Waals surface area contributed by atoms with Crippen LogP contribution in [0.4, 0.5) is 0 Å². The molecule has 33 nitrogen and oxygen atoms in total. The van der Waals surface area contributed by atoms with Crippen LogP contribution in [0.5, 0.6) is 11.5 Å². The molecule has 7 aromatic rings. The largest absolute Gasteiger partial charge is 0.508 e. The van der Waals surface area contributed by atoms with E-state index in [1.807, 2.05) is 13.0 Å². The van der Waals surface area contributed by atoms with Crippen LogP contribution in [0.2, 0.25) is 0 Å². The second-order valence-corrected chi connectivity index (χ2v) is 36.7. The third kappa shape index (κ3) is 32.1. The SMILES string of the molecule is CCCC[C@H]1C(=O)N(C)CC(=O)C[C@@H](COC=O)C(=O)C[C@@H](C(C)C)C(=O)N(C)[C@@H](Cc2ccccc2)C(=O)N[C@@H](Cc2ccc(O)cc2)C(=O)N(C)[C@@H](CCC(=O)O)C(=O)N[C@@H](Cc2csc3ccccc23)C(=O)N[C@@H](Cc2ccc(O)cc2)C(=O)N[C@@H](CC(C)C)C(=O)N[C@H](C(=O)CCC(N)=O)CSCC(=O)N[C@@H](Cc2ccccc2)C(=O)N(C)[C@@H](Cc2ccccc2)C(=O)N1C. The molecule has 0 saturated carbocycles. The van der Waals surface area contributed by atoms with Crippen LogP contribution in [-0.2, 0) is 125 Å². The average molecular weight is 1880 g/mol. The average Bonchev–Trinajstić information content (AvgIpc) is 1.51. The normalized spacial score (nSPS) is 22.2. The van der Waals surface area contributed by atoms with E-state index in [-0.39, 0.29) is 81.0 Å². The number of amides is 12. The van der Waals surface area contributed by atoms with E-state index in [1.54, 1.807) is 142 Å². The van der Waals surface area contributed by atoms with Gasteiger partial charge in [0.1, 0.15) is 78.3 Å². The molecule has 12 atom stereocenters. The molecule has 2 heterocycles. The van der Waals surface area contributed by atoms with Crippen LogP contribution in [0.15, 0.2) is 169 Å². The van der Waals surface area contributed by atoms with Gasteiger partial charge in [0.15, 0.2) is 11.6 Å². The molecule has 0 spiro atoms. The number of aromatic hydroxyl groups is 2. The zero-order valence-corrected chi connectivity index (χ0v) is 78.9. The van der Waals surface area contributed by atoms with Gasteiger partial charge in [-0.25, -0.2) is 0 Å². The molecule has 718 valence electrons. The van der Waals surface area contributed by atoms with E-state index in [2.05, 4.69) is 31.9 Å². The minimum atomic E-state index is -1.79. The Bertz CT molecular complexity index is 5220. The molecule has 1 aliphatic heterocycles. The van der Waals surface area contributed by atoms with Gasteiger partial charge in [0.25, 0.3) is 6.47 Å². The molecule has 0 radical (unpaired) electrons. The van der Waals surface area contributed by atoms with Crippen molar-refractivity contribution < 1.29 is 102 Å². The number of thioether (sulfide) groups is 1. The quantitative estimate of drug-likeness (QED) is 0.0237. The van der Waals surface area contributed by atoms with Crippen molar-refractivity contribution in [3.63, 3.8) is 0 Å². The van der Waals surface area contributed by atoms with Crippen molar-refractivity contribution in [3.05, 3.63) is 203 Å². The van der Waals surface area contributed by atoms with Crippen molar-refractivity contribution in [2.24, 2.45) is 29.4 Å². The number of likely N-dealkylation sites (N-methyl/N-ethyl adjacent to an activating group) is 5. The van der Waals surface area contributed by atoms with Crippen LogP contribution in [0.25, 0.3) is 10.1 Å². The first-order valence-corrected chi connectivity index (χ1v) is 46.8. The maximum Gasteiger partial charge on any atom is 0.303 e. The second kappa shape index (κ2) is 52.3. The predicted molar refractivity (Wildman–Crippen MR) is 505 cm³/mol. The topological polar surface area (TPSA) is 475 Å². The minimum Gasteiger partial charge on any atom is -0.508 e. The van der Waals surface area contributed by atoms with Crippen molar-refractivity contribution in [1.29, 1.82) is 0 Å². The van der Waals surface area contributed by atoms with Gasteiger partial charge in [-0.15, -0.1) is 23.1 Å². The molecular formula is C99H124N12O21S2. The number of benzene rings is 6. The molecule has 12 amide bonds. The fourth-order valence-electron chi connectivity index (χ4n) is 16.1. The molecule has 1 fully saturated rings. The number of phenolic OH excluding ortho intramolecular Hbond substituents is 2. The van der Waals surface area contributed by atoms with E-state index in [0.29, 0.717) is 51.6 Å². The predicted octanol–water partition coefficient (Wildman–Crippen LogP) is 6.41. The smallest absolute Gasteiger partial charge is 0.303 e. The summed E-state index contributed by atoms with van der Waals surface area (Å²) in [5.74, 6) is -18.8. The monoisotopic (exact) mass is 1880 g/mol. The second-order valence-electron chi connectivity index (χ2n) is 34.8. The van der Waals surface area contributed by atoms with Crippen LogP contribution in [0, 0.1) is 23.7 Å². The number of carboxylic acid groups (broad SMARTS) is 1. The molecule has 11 N–H and O–H groups in total. The standard InChI is InChI=1S/C99H124N12O21S2/c1-11-12-31-81-98(130)107(6)54-71(115)51-67(55-132-59-112)85(117)53-73(61(4)5)95(127)110(9)82(49-63-26-18-14-19-27-63)94(126)105-78(48-66-35-39-70(114)40-36-66)97(129)108(7)80(41-44-89(120)121)93(125)104-76(52-68-56-134-86-32-23-22-30-72(68)86)92(124)103-75(46-65-33-37-69(113)38-34-65)91(123)102-74(45-60(2)3)90(122)106-79(84(116)42-43-87(100)118)57-133-58-88(119)101-77(47-62-24-16-13-17-25-62)96(128)111(10)83(99(131)109(81)8)50-64-28-20-15-21-29-64/h13-30,32-40,56,59-61,67,73-83,113-114H,11-12,31,41-55,57-58H2,1-10H3,(H2,100,118)(H,101,119)(H,102,123)(H,103,124)(H,104,125)(H,105,126)(H,106,122)(H,120,121)/t67-,73-,74-,75-,76-,77-,78-,79-,80-,81-,82-,83-/m0/s1. The van der Waals surface area contributed by atoms with E-state index in [0.717, 1.165) is 31.2 Å². The molecule has 0 aliphatic carbocycles. The summed E-state index contributed by atoms with van der Waals surface area (Å²) in [7, 11) is 6.65. The molecule has 0 bridgehead atoms. The third-order valence-electron chi connectivity index (χ3n) is 23.8. The van der Waals surface area contributed by atoms with Gasteiger partial charge in [0, 0.05) is 122 Å². The Balaban J connectivity index is 1.25. The lowest BCUT2D eigenvalue weighted by atomic mass is 9.84. The van der Waals surface area contributed by atoms with Gasteiger partial charge < -0.3 is 82.2 Å². The summed E-state index contributed by atoms with van der Waals surface area (Å²) >= 11 is 2.18. The number of primary amides is 1.